The number of carbonyl (C=O) groups is 1. The highest BCUT2D eigenvalue weighted by molar-refractivity contribution is 14.1. The summed E-state index contributed by atoms with van der Waals surface area (Å²) in [5.74, 6) is -0.329. The molecule has 0 spiro atoms. The van der Waals surface area contributed by atoms with Gasteiger partial charge in [0.25, 0.3) is 11.5 Å². The largest absolute Gasteiger partial charge is 0.295 e. The number of nitrogens with zero attached hydrogens (tertiary/aromatic N) is 2. The third-order valence-electron chi connectivity index (χ3n) is 3.60. The quantitative estimate of drug-likeness (QED) is 0.367. The molecule has 0 saturated carbocycles. The summed E-state index contributed by atoms with van der Waals surface area (Å²) in [6, 6.07) is 16.4. The fraction of sp³-hybridized carbons (Fsp3) is 0.0556. The molecule has 1 aromatic heterocycles. The molecule has 6 nitrogen and oxygen atoms in total. The van der Waals surface area contributed by atoms with Gasteiger partial charge in [0, 0.05) is 14.8 Å². The molecule has 2 N–H and O–H groups in total. The van der Waals surface area contributed by atoms with Crippen molar-refractivity contribution in [1.29, 1.82) is 0 Å². The van der Waals surface area contributed by atoms with Crippen LogP contribution in [0, 0.1) is 10.5 Å². The number of benzene rings is 2. The van der Waals surface area contributed by atoms with Gasteiger partial charge in [-0.15, -0.1) is 0 Å². The third-order valence-corrected chi connectivity index (χ3v) is 4.32. The van der Waals surface area contributed by atoms with Crippen molar-refractivity contribution in [2.45, 2.75) is 6.92 Å². The lowest BCUT2D eigenvalue weighted by Gasteiger charge is -1.99. The molecule has 3 aromatic rings. The van der Waals surface area contributed by atoms with Gasteiger partial charge in [-0.05, 0) is 65.9 Å². The summed E-state index contributed by atoms with van der Waals surface area (Å²) < 4.78 is 2.49. The number of carbonyl (C=O) groups excluding carboxylic acids is 1. The van der Waals surface area contributed by atoms with Crippen molar-refractivity contribution < 1.29 is 4.79 Å². The average Bonchev–Trinajstić information content (AvgIpc) is 2.91. The van der Waals surface area contributed by atoms with Crippen molar-refractivity contribution in [3.05, 3.63) is 85.3 Å². The van der Waals surface area contributed by atoms with E-state index >= 15 is 0 Å². The molecule has 0 unspecified atom stereocenters. The first-order valence-corrected chi connectivity index (χ1v) is 8.60. The molecule has 2 aromatic carbocycles. The first-order chi connectivity index (χ1) is 12.1. The molecule has 126 valence electrons. The second kappa shape index (κ2) is 7.47. The molecule has 0 aliphatic carbocycles. The first-order valence-electron chi connectivity index (χ1n) is 7.52. The Kier molecular flexibility index (Phi) is 5.13. The van der Waals surface area contributed by atoms with E-state index in [4.69, 9.17) is 0 Å². The Balaban J connectivity index is 1.78. The van der Waals surface area contributed by atoms with Crippen molar-refractivity contribution >= 4 is 34.7 Å². The van der Waals surface area contributed by atoms with E-state index < -0.39 is 0 Å². The number of nitrogens with one attached hydrogen (secondary N) is 2. The van der Waals surface area contributed by atoms with Crippen molar-refractivity contribution in [2.75, 3.05) is 0 Å². The van der Waals surface area contributed by atoms with Crippen molar-refractivity contribution in [3.63, 3.8) is 0 Å². The Morgan fingerprint density at radius 3 is 2.52 bits per heavy atom. The number of hydrogen-bond acceptors (Lipinski definition) is 3. The lowest BCUT2D eigenvalue weighted by Crippen LogP contribution is -2.20. The van der Waals surface area contributed by atoms with E-state index in [9.17, 15) is 9.59 Å². The van der Waals surface area contributed by atoms with Crippen LogP contribution >= 0.6 is 22.6 Å². The lowest BCUT2D eigenvalue weighted by atomic mass is 10.2. The number of hydrazone groups is 1. The second-order valence-electron chi connectivity index (χ2n) is 5.33. The van der Waals surface area contributed by atoms with E-state index in [2.05, 4.69) is 38.2 Å². The molecular weight excluding hydrogens is 431 g/mol. The highest BCUT2D eigenvalue weighted by atomic mass is 127. The van der Waals surface area contributed by atoms with Crippen LogP contribution in [-0.4, -0.2) is 21.9 Å². The molecular formula is C18H15IN4O2. The maximum Gasteiger partial charge on any atom is 0.280 e. The summed E-state index contributed by atoms with van der Waals surface area (Å²) in [7, 11) is 0. The van der Waals surface area contributed by atoms with E-state index in [-0.39, 0.29) is 11.5 Å². The van der Waals surface area contributed by atoms with Crippen molar-refractivity contribution in [1.82, 2.24) is 15.2 Å². The molecule has 0 fully saturated rings. The van der Waals surface area contributed by atoms with E-state index in [0.29, 0.717) is 16.8 Å². The Bertz CT molecular complexity index is 973. The number of amides is 1. The van der Waals surface area contributed by atoms with Gasteiger partial charge in [0.1, 0.15) is 0 Å². The van der Waals surface area contributed by atoms with Gasteiger partial charge in [-0.2, -0.15) is 5.10 Å². The zero-order valence-corrected chi connectivity index (χ0v) is 15.5. The van der Waals surface area contributed by atoms with E-state index in [0.717, 1.165) is 9.26 Å². The number of halogens is 1. The smallest absolute Gasteiger partial charge is 0.280 e. The van der Waals surface area contributed by atoms with E-state index in [1.807, 2.05) is 42.5 Å². The number of aromatic nitrogens is 2. The molecule has 0 radical (unpaired) electrons. The molecule has 3 rings (SSSR count). The van der Waals surface area contributed by atoms with Gasteiger partial charge in [0.05, 0.1) is 17.5 Å². The molecule has 1 heterocycles. The number of aromatic amines is 1. The average molecular weight is 446 g/mol. The number of hydrogen-bond donors (Lipinski definition) is 2. The highest BCUT2D eigenvalue weighted by Crippen LogP contribution is 2.07. The van der Waals surface area contributed by atoms with Gasteiger partial charge in [-0.1, -0.05) is 18.2 Å². The van der Waals surface area contributed by atoms with Crippen LogP contribution in [-0.2, 0) is 0 Å². The van der Waals surface area contributed by atoms with Crippen LogP contribution in [0.4, 0.5) is 0 Å². The SMILES string of the molecule is Cc1[nH]n(-c2ccccc2)c(=O)c1C=NNC(=O)c1ccc(I)cc1. The monoisotopic (exact) mass is 446 g/mol. The highest BCUT2D eigenvalue weighted by Gasteiger charge is 2.10. The van der Waals surface area contributed by atoms with Crippen LogP contribution in [0.1, 0.15) is 21.6 Å². The van der Waals surface area contributed by atoms with Gasteiger partial charge in [0.15, 0.2) is 0 Å². The number of aryl methyl sites for hydroxylation is 1. The summed E-state index contributed by atoms with van der Waals surface area (Å²) >= 11 is 2.17. The molecule has 25 heavy (non-hydrogen) atoms. The van der Waals surface area contributed by atoms with Crippen LogP contribution in [0.2, 0.25) is 0 Å². The lowest BCUT2D eigenvalue weighted by molar-refractivity contribution is 0.0955. The number of H-pyrrole nitrogens is 1. The second-order valence-corrected chi connectivity index (χ2v) is 6.58. The van der Waals surface area contributed by atoms with Crippen LogP contribution in [0.25, 0.3) is 5.69 Å². The molecule has 1 amide bonds. The van der Waals surface area contributed by atoms with Gasteiger partial charge in [-0.3, -0.25) is 14.7 Å². The predicted molar refractivity (Wildman–Crippen MR) is 105 cm³/mol. The number of para-hydroxylation sites is 1. The first kappa shape index (κ1) is 17.2. The maximum absolute atomic E-state index is 12.5. The van der Waals surface area contributed by atoms with Gasteiger partial charge in [-0.25, -0.2) is 10.1 Å². The molecule has 0 aliphatic rings. The standard InChI is InChI=1S/C18H15IN4O2/c1-12-16(18(25)23(22-12)15-5-3-2-4-6-15)11-20-21-17(24)13-7-9-14(19)10-8-13/h2-11,22H,1H3,(H,21,24). The molecule has 0 aliphatic heterocycles. The minimum absolute atomic E-state index is 0.226. The Morgan fingerprint density at radius 2 is 1.84 bits per heavy atom. The zero-order valence-electron chi connectivity index (χ0n) is 13.4. The van der Waals surface area contributed by atoms with Crippen molar-refractivity contribution in [3.8, 4) is 5.69 Å². The summed E-state index contributed by atoms with van der Waals surface area (Å²) in [6.45, 7) is 1.78. The predicted octanol–water partition coefficient (Wildman–Crippen LogP) is 2.84. The summed E-state index contributed by atoms with van der Waals surface area (Å²) in [5.41, 5.74) is 4.51. The number of rotatable bonds is 4. The topological polar surface area (TPSA) is 79.2 Å². The van der Waals surface area contributed by atoms with Crippen LogP contribution in [0.5, 0.6) is 0 Å². The van der Waals surface area contributed by atoms with E-state index in [1.165, 1.54) is 10.9 Å². The summed E-state index contributed by atoms with van der Waals surface area (Å²) in [4.78, 5) is 24.5. The Morgan fingerprint density at radius 1 is 1.16 bits per heavy atom. The Labute approximate surface area is 157 Å². The third kappa shape index (κ3) is 3.87. The fourth-order valence-corrected chi connectivity index (χ4v) is 2.65. The van der Waals surface area contributed by atoms with Crippen LogP contribution in [0.15, 0.2) is 64.5 Å². The molecule has 0 bridgehead atoms. The maximum atomic E-state index is 12.5. The van der Waals surface area contributed by atoms with Crippen LogP contribution < -0.4 is 11.0 Å². The summed E-state index contributed by atoms with van der Waals surface area (Å²) in [5, 5.41) is 6.91. The van der Waals surface area contributed by atoms with Gasteiger partial charge in [0.2, 0.25) is 0 Å². The molecule has 0 saturated heterocycles. The van der Waals surface area contributed by atoms with E-state index in [1.54, 1.807) is 19.1 Å². The zero-order chi connectivity index (χ0) is 17.8. The van der Waals surface area contributed by atoms with Gasteiger partial charge >= 0.3 is 0 Å². The fourth-order valence-electron chi connectivity index (χ4n) is 2.29. The normalized spacial score (nSPS) is 11.0. The van der Waals surface area contributed by atoms with Crippen molar-refractivity contribution in [2.24, 2.45) is 5.10 Å². The summed E-state index contributed by atoms with van der Waals surface area (Å²) in [6.07, 6.45) is 1.36. The minimum atomic E-state index is -0.329. The molecule has 7 heteroatoms. The Hall–Kier alpha value is -2.68. The molecule has 0 atom stereocenters. The van der Waals surface area contributed by atoms with Crippen LogP contribution in [0.3, 0.4) is 0 Å². The minimum Gasteiger partial charge on any atom is -0.295 e. The van der Waals surface area contributed by atoms with Gasteiger partial charge < -0.3 is 0 Å².